The van der Waals surface area contributed by atoms with Crippen LogP contribution >= 0.6 is 11.6 Å². The highest BCUT2D eigenvalue weighted by atomic mass is 35.5. The lowest BCUT2D eigenvalue weighted by molar-refractivity contribution is -0.384. The van der Waals surface area contributed by atoms with E-state index in [0.29, 0.717) is 55.8 Å². The monoisotopic (exact) mass is 936 g/mol. The average Bonchev–Trinajstić information content (AvgIpc) is 3.71. The molecule has 348 valence electrons. The zero-order valence-electron chi connectivity index (χ0n) is 37.6. The maximum atomic E-state index is 14.5. The molecule has 2 saturated heterocycles. The maximum absolute atomic E-state index is 14.5. The lowest BCUT2D eigenvalue weighted by Gasteiger charge is -2.39. The van der Waals surface area contributed by atoms with Crippen molar-refractivity contribution in [3.05, 3.63) is 111 Å². The van der Waals surface area contributed by atoms with Crippen molar-refractivity contribution in [3.8, 4) is 5.88 Å². The second kappa shape index (κ2) is 18.9. The number of fused-ring (bicyclic) bond motifs is 2. The number of nitrogens with one attached hydrogen (secondary N) is 3. The SMILES string of the molecule is C[C@@H]1COc2nc3[nH]ccc3cc2N(c2cc(N3CCN(CC4=C(c5ccc(Cl)cc5)CC(C)(C)CC4)CC3)ccc2C(=O)NS(=O)(=O)c2ccc(NCC3CCOCC3)c([N+](=O)[O-])c2)C1. The van der Waals surface area contributed by atoms with E-state index in [1.807, 2.05) is 48.2 Å². The fourth-order valence-electron chi connectivity index (χ4n) is 9.62. The number of benzene rings is 3. The van der Waals surface area contributed by atoms with Crippen LogP contribution < -0.4 is 24.6 Å². The quantitative estimate of drug-likeness (QED) is 0.0801. The summed E-state index contributed by atoms with van der Waals surface area (Å²) in [5.41, 5.74) is 6.94. The molecule has 3 aliphatic heterocycles. The van der Waals surface area contributed by atoms with Gasteiger partial charge in [0.15, 0.2) is 0 Å². The molecular weight excluding hydrogens is 880 g/mol. The molecule has 0 bridgehead atoms. The molecule has 5 heterocycles. The summed E-state index contributed by atoms with van der Waals surface area (Å²) in [6.45, 7) is 13.4. The first-order chi connectivity index (χ1) is 31.7. The largest absolute Gasteiger partial charge is 0.476 e. The molecule has 4 aliphatic rings. The Bertz CT molecular complexity index is 2760. The Hall–Kier alpha value is -5.68. The molecule has 5 aromatic rings. The van der Waals surface area contributed by atoms with Crippen molar-refractivity contribution in [3.63, 3.8) is 0 Å². The topological polar surface area (TPSA) is 175 Å². The van der Waals surface area contributed by atoms with Gasteiger partial charge in [-0.3, -0.25) is 19.8 Å². The molecule has 0 unspecified atom stereocenters. The third-order valence-electron chi connectivity index (χ3n) is 13.4. The molecule has 2 fully saturated rings. The van der Waals surface area contributed by atoms with Gasteiger partial charge in [-0.15, -0.1) is 0 Å². The molecule has 3 aromatic carbocycles. The average molecular weight is 938 g/mol. The van der Waals surface area contributed by atoms with E-state index in [1.165, 1.54) is 28.8 Å². The van der Waals surface area contributed by atoms with Crippen LogP contribution in [0.3, 0.4) is 0 Å². The maximum Gasteiger partial charge on any atom is 0.293 e. The molecule has 1 atom stereocenters. The van der Waals surface area contributed by atoms with E-state index in [9.17, 15) is 23.3 Å². The second-order valence-electron chi connectivity index (χ2n) is 19.0. The molecule has 0 spiro atoms. The minimum absolute atomic E-state index is 0.000868. The number of nitro benzene ring substituents is 1. The minimum atomic E-state index is -4.58. The van der Waals surface area contributed by atoms with Crippen LogP contribution in [0.1, 0.15) is 68.8 Å². The number of amides is 1. The van der Waals surface area contributed by atoms with Gasteiger partial charge < -0.3 is 29.6 Å². The van der Waals surface area contributed by atoms with E-state index in [4.69, 9.17) is 26.1 Å². The van der Waals surface area contributed by atoms with Crippen molar-refractivity contribution < 1.29 is 27.6 Å². The summed E-state index contributed by atoms with van der Waals surface area (Å²) in [7, 11) is -4.58. The standard InChI is InChI=1S/C49H57ClN8O7S/c1-32-29-57(45-24-35-13-17-51-46(35)53-48(45)65-31-32)43-25-38(56-20-18-55(19-21-56)30-36-12-16-49(2,3)27-41(36)34-4-6-37(50)7-5-34)8-10-40(43)47(59)54-66(62,63)39-9-11-42(44(26-39)58(60)61)52-28-33-14-22-64-23-15-33/h4-11,13,17,24-26,32-33,52H,12,14-16,18-23,27-31H2,1-3H3,(H,51,53)(H,54,59)/t32-/m0/s1. The van der Waals surface area contributed by atoms with Crippen LogP contribution in [-0.2, 0) is 14.8 Å². The number of anilines is 4. The number of nitro groups is 1. The van der Waals surface area contributed by atoms with Crippen LogP contribution in [0.5, 0.6) is 5.88 Å². The first-order valence-electron chi connectivity index (χ1n) is 22.8. The summed E-state index contributed by atoms with van der Waals surface area (Å²) in [5.74, 6) is -0.209. The number of ether oxygens (including phenoxy) is 2. The molecule has 2 aromatic heterocycles. The number of rotatable bonds is 12. The first kappa shape index (κ1) is 45.5. The normalized spacial score (nSPS) is 19.5. The van der Waals surface area contributed by atoms with Crippen LogP contribution in [0.15, 0.2) is 89.5 Å². The molecule has 3 N–H and O–H groups in total. The van der Waals surface area contributed by atoms with Gasteiger partial charge in [0.05, 0.1) is 27.7 Å². The fraction of sp³-hybridized carbons (Fsp3) is 0.429. The molecule has 1 amide bonds. The Morgan fingerprint density at radius 2 is 1.77 bits per heavy atom. The Balaban J connectivity index is 0.998. The number of halogens is 1. The predicted molar refractivity (Wildman–Crippen MR) is 259 cm³/mol. The zero-order chi connectivity index (χ0) is 46.2. The van der Waals surface area contributed by atoms with E-state index in [2.05, 4.69) is 50.8 Å². The molecule has 1 aliphatic carbocycles. The third-order valence-corrected chi connectivity index (χ3v) is 15.0. The molecule has 66 heavy (non-hydrogen) atoms. The van der Waals surface area contributed by atoms with E-state index in [0.717, 1.165) is 87.0 Å². The summed E-state index contributed by atoms with van der Waals surface area (Å²) in [6, 6.07) is 21.2. The molecule has 0 radical (unpaired) electrons. The number of allylic oxidation sites excluding steroid dienone is 1. The number of hydrogen-bond donors (Lipinski definition) is 3. The van der Waals surface area contributed by atoms with Gasteiger partial charge in [0, 0.05) is 93.3 Å². The van der Waals surface area contributed by atoms with Crippen molar-refractivity contribution in [2.75, 3.05) is 80.8 Å². The predicted octanol–water partition coefficient (Wildman–Crippen LogP) is 9.03. The molecule has 0 saturated carbocycles. The van der Waals surface area contributed by atoms with E-state index in [-0.39, 0.29) is 28.5 Å². The number of aromatic nitrogens is 2. The number of H-pyrrole nitrogens is 1. The van der Waals surface area contributed by atoms with Gasteiger partial charge in [-0.25, -0.2) is 13.1 Å². The minimum Gasteiger partial charge on any atom is -0.476 e. The van der Waals surface area contributed by atoms with Gasteiger partial charge >= 0.3 is 0 Å². The second-order valence-corrected chi connectivity index (χ2v) is 21.1. The number of carbonyl (C=O) groups is 1. The van der Waals surface area contributed by atoms with Crippen LogP contribution in [0.25, 0.3) is 16.6 Å². The number of piperazine rings is 1. The fourth-order valence-corrected chi connectivity index (χ4v) is 10.7. The summed E-state index contributed by atoms with van der Waals surface area (Å²) in [5, 5.41) is 16.9. The summed E-state index contributed by atoms with van der Waals surface area (Å²) < 4.78 is 41.9. The van der Waals surface area contributed by atoms with Crippen molar-refractivity contribution in [1.29, 1.82) is 0 Å². The molecular formula is C49H57ClN8O7S. The van der Waals surface area contributed by atoms with Gasteiger partial charge in [-0.2, -0.15) is 4.98 Å². The smallest absolute Gasteiger partial charge is 0.293 e. The van der Waals surface area contributed by atoms with Crippen molar-refractivity contribution in [2.45, 2.75) is 57.8 Å². The Labute approximate surface area is 390 Å². The highest BCUT2D eigenvalue weighted by Gasteiger charge is 2.33. The molecule has 17 heteroatoms. The molecule has 9 rings (SSSR count). The summed E-state index contributed by atoms with van der Waals surface area (Å²) in [4.78, 5) is 40.4. The lowest BCUT2D eigenvalue weighted by Crippen LogP contribution is -2.47. The van der Waals surface area contributed by atoms with Gasteiger partial charge in [0.25, 0.3) is 21.6 Å². The van der Waals surface area contributed by atoms with E-state index >= 15 is 0 Å². The number of nitrogens with zero attached hydrogens (tertiary/aromatic N) is 5. The van der Waals surface area contributed by atoms with Gasteiger partial charge in [-0.05, 0) is 109 Å². The Morgan fingerprint density at radius 3 is 2.53 bits per heavy atom. The first-order valence-corrected chi connectivity index (χ1v) is 24.7. The Kier molecular flexibility index (Phi) is 13.0. The van der Waals surface area contributed by atoms with Crippen LogP contribution in [-0.4, -0.2) is 99.8 Å². The number of pyridine rings is 1. The van der Waals surface area contributed by atoms with Crippen LogP contribution in [0.2, 0.25) is 5.02 Å². The van der Waals surface area contributed by atoms with Crippen LogP contribution in [0, 0.1) is 27.4 Å². The third kappa shape index (κ3) is 10.0. The number of hydrogen-bond acceptors (Lipinski definition) is 12. The van der Waals surface area contributed by atoms with E-state index < -0.39 is 31.4 Å². The van der Waals surface area contributed by atoms with Gasteiger partial charge in [-0.1, -0.05) is 50.1 Å². The van der Waals surface area contributed by atoms with E-state index in [1.54, 1.807) is 12.3 Å². The van der Waals surface area contributed by atoms with Crippen LogP contribution in [0.4, 0.5) is 28.4 Å². The number of aromatic amines is 1. The summed E-state index contributed by atoms with van der Waals surface area (Å²) >= 11 is 6.28. The van der Waals surface area contributed by atoms with Crippen molar-refractivity contribution in [1.82, 2.24) is 19.6 Å². The lowest BCUT2D eigenvalue weighted by atomic mass is 9.72. The van der Waals surface area contributed by atoms with Gasteiger partial charge in [0.1, 0.15) is 17.0 Å². The Morgan fingerprint density at radius 1 is 1.00 bits per heavy atom. The zero-order valence-corrected chi connectivity index (χ0v) is 39.2. The highest BCUT2D eigenvalue weighted by molar-refractivity contribution is 7.90. The number of sulfonamides is 1. The van der Waals surface area contributed by atoms with Gasteiger partial charge in [0.2, 0.25) is 5.88 Å². The molecule has 15 nitrogen and oxygen atoms in total. The highest BCUT2D eigenvalue weighted by Crippen LogP contribution is 2.44. The summed E-state index contributed by atoms with van der Waals surface area (Å²) in [6.07, 6.45) is 6.66. The number of carbonyl (C=O) groups excluding carboxylic acids is 1. The van der Waals surface area contributed by atoms with Crippen molar-refractivity contribution in [2.24, 2.45) is 17.3 Å². The van der Waals surface area contributed by atoms with Crippen molar-refractivity contribution >= 4 is 72.6 Å².